The molecule has 0 aliphatic carbocycles. The summed E-state index contributed by atoms with van der Waals surface area (Å²) in [6.45, 7) is 13.2. The van der Waals surface area contributed by atoms with E-state index in [1.165, 1.54) is 44.3 Å². The normalized spacial score (nSPS) is 11.8. The van der Waals surface area contributed by atoms with Crippen molar-refractivity contribution in [3.05, 3.63) is 161 Å². The van der Waals surface area contributed by atoms with E-state index in [9.17, 15) is 0 Å². The van der Waals surface area contributed by atoms with Crippen LogP contribution in [-0.4, -0.2) is 23.9 Å². The number of ether oxygens (including phenoxy) is 1. The van der Waals surface area contributed by atoms with Crippen molar-refractivity contribution in [2.24, 2.45) is 0 Å². The molecule has 6 heteroatoms. The number of benzene rings is 5. The first kappa shape index (κ1) is 32.8. The number of fused-ring (bicyclic) bond motifs is 9. The van der Waals surface area contributed by atoms with Crippen LogP contribution in [0.4, 0.5) is 0 Å². The van der Waals surface area contributed by atoms with Crippen LogP contribution >= 0.6 is 0 Å². The molecule has 0 fully saturated rings. The molecule has 10 rings (SSSR count). The van der Waals surface area contributed by atoms with Crippen LogP contribution in [0, 0.1) is 41.5 Å². The molecule has 0 aliphatic heterocycles. The maximum atomic E-state index is 6.76. The SMILES string of the molecule is Cc1cc(C)c(-c2nc3c4cc(Oc5ccc6c7ccccc7n(-c7ccccn7)c6c5)ccc4c4ncccc4n3c2-c2c(C)cc(C)cc2C)c(C)c1. The van der Waals surface area contributed by atoms with Crippen LogP contribution in [-0.2, 0) is 0 Å². The van der Waals surface area contributed by atoms with Crippen LogP contribution in [0.15, 0.2) is 128 Å². The average Bonchev–Trinajstić information content (AvgIpc) is 3.71. The molecule has 0 saturated heterocycles. The molecule has 5 heterocycles. The molecule has 6 nitrogen and oxygen atoms in total. The number of pyridine rings is 3. The molecule has 0 amide bonds. The molecule has 10 aromatic rings. The third kappa shape index (κ3) is 5.13. The predicted octanol–water partition coefficient (Wildman–Crippen LogP) is 12.5. The summed E-state index contributed by atoms with van der Waals surface area (Å²) < 4.78 is 11.3. The molecule has 0 saturated carbocycles. The highest BCUT2D eigenvalue weighted by Crippen LogP contribution is 2.44. The molecule has 0 spiro atoms. The Hall–Kier alpha value is -6.79. The van der Waals surface area contributed by atoms with Gasteiger partial charge in [0.2, 0.25) is 0 Å². The van der Waals surface area contributed by atoms with Crippen LogP contribution in [0.1, 0.15) is 33.4 Å². The van der Waals surface area contributed by atoms with Crippen LogP contribution < -0.4 is 4.74 Å². The van der Waals surface area contributed by atoms with E-state index in [1.807, 2.05) is 42.7 Å². The van der Waals surface area contributed by atoms with Crippen molar-refractivity contribution < 1.29 is 4.74 Å². The summed E-state index contributed by atoms with van der Waals surface area (Å²) in [5, 5.41) is 4.32. The highest BCUT2D eigenvalue weighted by Gasteiger charge is 2.26. The lowest BCUT2D eigenvalue weighted by Crippen LogP contribution is -2.00. The van der Waals surface area contributed by atoms with Crippen LogP contribution in [0.3, 0.4) is 0 Å². The Labute approximate surface area is 319 Å². The van der Waals surface area contributed by atoms with Crippen molar-refractivity contribution >= 4 is 49.3 Å². The van der Waals surface area contributed by atoms with Gasteiger partial charge in [-0.15, -0.1) is 0 Å². The fourth-order valence-electron chi connectivity index (χ4n) is 8.99. The topological polar surface area (TPSA) is 57.2 Å². The van der Waals surface area contributed by atoms with Gasteiger partial charge in [0.1, 0.15) is 23.0 Å². The Balaban J connectivity index is 1.23. The minimum absolute atomic E-state index is 0.723. The van der Waals surface area contributed by atoms with E-state index in [0.29, 0.717) is 0 Å². The van der Waals surface area contributed by atoms with Gasteiger partial charge in [0.15, 0.2) is 0 Å². The Morgan fingerprint density at radius 3 is 1.84 bits per heavy atom. The number of hydrogen-bond acceptors (Lipinski definition) is 4. The van der Waals surface area contributed by atoms with E-state index in [2.05, 4.69) is 135 Å². The molecule has 0 radical (unpaired) electrons. The van der Waals surface area contributed by atoms with Gasteiger partial charge in [-0.25, -0.2) is 9.97 Å². The third-order valence-electron chi connectivity index (χ3n) is 11.0. The first-order chi connectivity index (χ1) is 26.7. The number of nitrogens with zero attached hydrogens (tertiary/aromatic N) is 5. The van der Waals surface area contributed by atoms with Gasteiger partial charge < -0.3 is 4.74 Å². The molecule has 0 N–H and O–H groups in total. The predicted molar refractivity (Wildman–Crippen MR) is 226 cm³/mol. The quantitative estimate of drug-likeness (QED) is 0.167. The smallest absolute Gasteiger partial charge is 0.146 e. The molecule has 266 valence electrons. The van der Waals surface area contributed by atoms with Gasteiger partial charge in [-0.3, -0.25) is 14.0 Å². The second-order valence-corrected chi connectivity index (χ2v) is 14.9. The standard InChI is InChI=1S/C49H39N5O/c1-28-22-30(3)44(31(4)23-28)47-48(45-32(5)24-29(2)25-33(45)6)54-41-14-11-21-51-46(41)38-19-17-34(26-39(38)49(54)52-47)55-35-16-18-37-36-12-7-8-13-40(36)53(42(37)27-35)43-15-9-10-20-50-43/h7-27H,1-6H3. The second-order valence-electron chi connectivity index (χ2n) is 14.9. The molecule has 0 bridgehead atoms. The minimum Gasteiger partial charge on any atom is -0.457 e. The molecule has 0 aliphatic rings. The fraction of sp³-hybridized carbons (Fsp3) is 0.122. The van der Waals surface area contributed by atoms with Gasteiger partial charge in [0, 0.05) is 51.1 Å². The van der Waals surface area contributed by atoms with Gasteiger partial charge in [-0.1, -0.05) is 59.7 Å². The maximum Gasteiger partial charge on any atom is 0.146 e. The highest BCUT2D eigenvalue weighted by molar-refractivity contribution is 6.13. The van der Waals surface area contributed by atoms with E-state index < -0.39 is 0 Å². The monoisotopic (exact) mass is 713 g/mol. The summed E-state index contributed by atoms with van der Waals surface area (Å²) in [4.78, 5) is 15.3. The van der Waals surface area contributed by atoms with Crippen molar-refractivity contribution in [3.8, 4) is 39.8 Å². The van der Waals surface area contributed by atoms with Crippen molar-refractivity contribution in [1.82, 2.24) is 23.9 Å². The number of para-hydroxylation sites is 1. The minimum atomic E-state index is 0.723. The van der Waals surface area contributed by atoms with Crippen LogP contribution in [0.25, 0.3) is 77.6 Å². The lowest BCUT2D eigenvalue weighted by molar-refractivity contribution is 0.484. The van der Waals surface area contributed by atoms with Gasteiger partial charge >= 0.3 is 0 Å². The summed E-state index contributed by atoms with van der Waals surface area (Å²) in [7, 11) is 0. The Morgan fingerprint density at radius 1 is 0.491 bits per heavy atom. The molecule has 5 aromatic carbocycles. The van der Waals surface area contributed by atoms with E-state index in [1.54, 1.807) is 0 Å². The highest BCUT2D eigenvalue weighted by atomic mass is 16.5. The summed E-state index contributed by atoms with van der Waals surface area (Å²) in [5.41, 5.74) is 16.7. The molecule has 5 aromatic heterocycles. The van der Waals surface area contributed by atoms with E-state index in [4.69, 9.17) is 19.7 Å². The number of imidazole rings is 1. The van der Waals surface area contributed by atoms with E-state index in [-0.39, 0.29) is 0 Å². The molecule has 55 heavy (non-hydrogen) atoms. The second kappa shape index (κ2) is 12.4. The van der Waals surface area contributed by atoms with Crippen molar-refractivity contribution in [1.29, 1.82) is 0 Å². The van der Waals surface area contributed by atoms with E-state index in [0.717, 1.165) is 78.1 Å². The largest absolute Gasteiger partial charge is 0.457 e. The molecular formula is C49H39N5O. The lowest BCUT2D eigenvalue weighted by Gasteiger charge is -2.17. The van der Waals surface area contributed by atoms with Crippen molar-refractivity contribution in [2.75, 3.05) is 0 Å². The number of aryl methyl sites for hydroxylation is 6. The zero-order valence-electron chi connectivity index (χ0n) is 31.8. The Bertz CT molecular complexity index is 3140. The Kier molecular flexibility index (Phi) is 7.39. The van der Waals surface area contributed by atoms with Gasteiger partial charge in [-0.05, 0) is 124 Å². The summed E-state index contributed by atoms with van der Waals surface area (Å²) in [6.07, 6.45) is 3.71. The average molecular weight is 714 g/mol. The number of rotatable bonds is 5. The third-order valence-corrected chi connectivity index (χ3v) is 11.0. The van der Waals surface area contributed by atoms with Crippen LogP contribution in [0.2, 0.25) is 0 Å². The van der Waals surface area contributed by atoms with Gasteiger partial charge in [-0.2, -0.15) is 0 Å². The van der Waals surface area contributed by atoms with Crippen molar-refractivity contribution in [2.45, 2.75) is 41.5 Å². The first-order valence-corrected chi connectivity index (χ1v) is 18.8. The van der Waals surface area contributed by atoms with Gasteiger partial charge in [0.25, 0.3) is 0 Å². The van der Waals surface area contributed by atoms with Crippen molar-refractivity contribution in [3.63, 3.8) is 0 Å². The zero-order chi connectivity index (χ0) is 37.5. The summed E-state index contributed by atoms with van der Waals surface area (Å²) in [5.74, 6) is 2.33. The number of hydrogen-bond donors (Lipinski definition) is 0. The molecule has 0 unspecified atom stereocenters. The van der Waals surface area contributed by atoms with Gasteiger partial charge in [0.05, 0.1) is 33.5 Å². The lowest BCUT2D eigenvalue weighted by atomic mass is 9.91. The molecule has 0 atom stereocenters. The first-order valence-electron chi connectivity index (χ1n) is 18.8. The fourth-order valence-corrected chi connectivity index (χ4v) is 8.99. The summed E-state index contributed by atoms with van der Waals surface area (Å²) in [6, 6.07) is 40.3. The summed E-state index contributed by atoms with van der Waals surface area (Å²) >= 11 is 0. The molecular weight excluding hydrogens is 675 g/mol. The van der Waals surface area contributed by atoms with E-state index >= 15 is 0 Å². The number of aromatic nitrogens is 5. The van der Waals surface area contributed by atoms with Crippen LogP contribution in [0.5, 0.6) is 11.5 Å². The zero-order valence-corrected chi connectivity index (χ0v) is 31.8. The maximum absolute atomic E-state index is 6.76. The Morgan fingerprint density at radius 2 is 1.11 bits per heavy atom.